The van der Waals surface area contributed by atoms with E-state index in [1.807, 2.05) is 6.92 Å². The molecule has 1 N–H and O–H groups in total. The van der Waals surface area contributed by atoms with Gasteiger partial charge in [-0.25, -0.2) is 8.78 Å². The van der Waals surface area contributed by atoms with Crippen LogP contribution in [0.3, 0.4) is 0 Å². The van der Waals surface area contributed by atoms with Gasteiger partial charge in [-0.05, 0) is 38.3 Å². The van der Waals surface area contributed by atoms with Crippen LogP contribution in [-0.4, -0.2) is 51.4 Å². The summed E-state index contributed by atoms with van der Waals surface area (Å²) in [6, 6.07) is 5.70. The summed E-state index contributed by atoms with van der Waals surface area (Å²) in [6.07, 6.45) is 2.03. The lowest BCUT2D eigenvalue weighted by molar-refractivity contribution is -0.146. The molecule has 1 aromatic heterocycles. The van der Waals surface area contributed by atoms with Crippen molar-refractivity contribution in [3.05, 3.63) is 52.9 Å². The summed E-state index contributed by atoms with van der Waals surface area (Å²) in [5, 5.41) is 6.77. The summed E-state index contributed by atoms with van der Waals surface area (Å²) in [4.78, 5) is 29.1. The maximum atomic E-state index is 14.0. The number of nitrogens with zero attached hydrogens (tertiary/aromatic N) is 3. The number of aromatic amines is 1. The van der Waals surface area contributed by atoms with Crippen LogP contribution in [0.25, 0.3) is 0 Å². The van der Waals surface area contributed by atoms with E-state index in [0.717, 1.165) is 18.2 Å². The normalized spacial score (nSPS) is 22.3. The fourth-order valence-electron chi connectivity index (χ4n) is 4.29. The van der Waals surface area contributed by atoms with Crippen molar-refractivity contribution in [2.45, 2.75) is 32.7 Å². The monoisotopic (exact) mass is 388 g/mol. The van der Waals surface area contributed by atoms with Gasteiger partial charge in [-0.1, -0.05) is 12.1 Å². The van der Waals surface area contributed by atoms with Gasteiger partial charge in [0.15, 0.2) is 11.6 Å². The zero-order valence-electron chi connectivity index (χ0n) is 15.7. The van der Waals surface area contributed by atoms with Crippen molar-refractivity contribution in [1.29, 1.82) is 0 Å². The first-order chi connectivity index (χ1) is 13.4. The van der Waals surface area contributed by atoms with Gasteiger partial charge >= 0.3 is 0 Å². The van der Waals surface area contributed by atoms with Gasteiger partial charge in [-0.2, -0.15) is 5.10 Å². The van der Waals surface area contributed by atoms with Crippen LogP contribution in [0, 0.1) is 24.0 Å². The van der Waals surface area contributed by atoms with E-state index in [9.17, 15) is 18.4 Å². The fraction of sp³-hybridized carbons (Fsp3) is 0.450. The lowest BCUT2D eigenvalue weighted by Crippen LogP contribution is -2.50. The van der Waals surface area contributed by atoms with Gasteiger partial charge in [-0.3, -0.25) is 14.7 Å². The predicted molar refractivity (Wildman–Crippen MR) is 97.3 cm³/mol. The van der Waals surface area contributed by atoms with Crippen molar-refractivity contribution < 1.29 is 18.4 Å². The van der Waals surface area contributed by atoms with E-state index in [1.165, 1.54) is 12.1 Å². The van der Waals surface area contributed by atoms with Gasteiger partial charge < -0.3 is 9.80 Å². The molecule has 28 heavy (non-hydrogen) atoms. The molecular formula is C20H22F2N4O2. The first kappa shape index (κ1) is 18.6. The number of carbonyl (C=O) groups is 2. The van der Waals surface area contributed by atoms with Gasteiger partial charge in [0.2, 0.25) is 5.91 Å². The first-order valence-electron chi connectivity index (χ1n) is 9.43. The van der Waals surface area contributed by atoms with Crippen molar-refractivity contribution in [3.63, 3.8) is 0 Å². The number of aryl methyl sites for hydroxylation is 1. The molecule has 4 rings (SSSR count). The van der Waals surface area contributed by atoms with E-state index < -0.39 is 17.0 Å². The summed E-state index contributed by atoms with van der Waals surface area (Å²) < 4.78 is 27.5. The predicted octanol–water partition coefficient (Wildman–Crippen LogP) is 2.65. The molecule has 2 fully saturated rings. The molecule has 2 aliphatic heterocycles. The molecule has 0 radical (unpaired) electrons. The molecular weight excluding hydrogens is 366 g/mol. The van der Waals surface area contributed by atoms with Crippen molar-refractivity contribution >= 4 is 11.8 Å². The molecule has 0 bridgehead atoms. The highest BCUT2D eigenvalue weighted by atomic mass is 19.2. The molecule has 1 aromatic carbocycles. The minimum Gasteiger partial charge on any atom is -0.338 e. The van der Waals surface area contributed by atoms with E-state index in [1.54, 1.807) is 15.9 Å². The van der Waals surface area contributed by atoms with Crippen molar-refractivity contribution in [2.24, 2.45) is 5.41 Å². The maximum Gasteiger partial charge on any atom is 0.274 e. The van der Waals surface area contributed by atoms with Crippen molar-refractivity contribution in [3.8, 4) is 0 Å². The first-order valence-corrected chi connectivity index (χ1v) is 9.43. The third-order valence-electron chi connectivity index (χ3n) is 5.78. The molecule has 0 aliphatic carbocycles. The van der Waals surface area contributed by atoms with Crippen LogP contribution >= 0.6 is 0 Å². The van der Waals surface area contributed by atoms with Gasteiger partial charge in [0.25, 0.3) is 5.91 Å². The Balaban J connectivity index is 1.50. The van der Waals surface area contributed by atoms with Crippen LogP contribution in [0.5, 0.6) is 0 Å². The number of likely N-dealkylation sites (tertiary alicyclic amines) is 2. The zero-order chi connectivity index (χ0) is 19.9. The van der Waals surface area contributed by atoms with Gasteiger partial charge in [-0.15, -0.1) is 0 Å². The summed E-state index contributed by atoms with van der Waals surface area (Å²) >= 11 is 0. The smallest absolute Gasteiger partial charge is 0.274 e. The van der Waals surface area contributed by atoms with E-state index in [0.29, 0.717) is 38.2 Å². The molecule has 1 spiro atoms. The largest absolute Gasteiger partial charge is 0.338 e. The highest BCUT2D eigenvalue weighted by molar-refractivity contribution is 5.94. The number of benzene rings is 1. The third-order valence-corrected chi connectivity index (χ3v) is 5.78. The maximum absolute atomic E-state index is 14.0. The average Bonchev–Trinajstić information content (AvgIpc) is 3.30. The molecule has 1 unspecified atom stereocenters. The van der Waals surface area contributed by atoms with Gasteiger partial charge in [0.05, 0.1) is 5.41 Å². The second-order valence-electron chi connectivity index (χ2n) is 7.74. The van der Waals surface area contributed by atoms with Gasteiger partial charge in [0.1, 0.15) is 5.69 Å². The standard InChI is InChI=1S/C20H22F2N4O2/c1-13-10-16(24-23-13)18(27)26-9-7-20(12-26)6-3-8-25(19(20)28)11-14-4-2-5-15(21)17(14)22/h2,4-5,10H,3,6-9,11-12H2,1H3,(H,23,24). The number of hydrogen-bond acceptors (Lipinski definition) is 3. The molecule has 3 heterocycles. The number of halogens is 2. The van der Waals surface area contributed by atoms with Crippen LogP contribution in [0.4, 0.5) is 8.78 Å². The lowest BCUT2D eigenvalue weighted by Gasteiger charge is -2.39. The van der Waals surface area contributed by atoms with E-state index >= 15 is 0 Å². The van der Waals surface area contributed by atoms with Crippen LogP contribution < -0.4 is 0 Å². The van der Waals surface area contributed by atoms with Crippen LogP contribution in [0.1, 0.15) is 41.0 Å². The molecule has 2 aliphatic rings. The molecule has 2 amide bonds. The van der Waals surface area contributed by atoms with E-state index in [4.69, 9.17) is 0 Å². The van der Waals surface area contributed by atoms with Crippen LogP contribution in [0.15, 0.2) is 24.3 Å². The second kappa shape index (κ2) is 7.00. The number of amides is 2. The van der Waals surface area contributed by atoms with Crippen LogP contribution in [-0.2, 0) is 11.3 Å². The number of aromatic nitrogens is 2. The third kappa shape index (κ3) is 3.16. The Kier molecular flexibility index (Phi) is 4.64. The Morgan fingerprint density at radius 3 is 2.86 bits per heavy atom. The topological polar surface area (TPSA) is 69.3 Å². The average molecular weight is 388 g/mol. The van der Waals surface area contributed by atoms with Crippen LogP contribution in [0.2, 0.25) is 0 Å². The molecule has 1 atom stereocenters. The van der Waals surface area contributed by atoms with E-state index in [-0.39, 0.29) is 23.9 Å². The SMILES string of the molecule is Cc1cc(C(=O)N2CCC3(CCCN(Cc4cccc(F)c4F)C3=O)C2)n[nH]1. The van der Waals surface area contributed by atoms with Crippen molar-refractivity contribution in [2.75, 3.05) is 19.6 Å². The summed E-state index contributed by atoms with van der Waals surface area (Å²) in [5.74, 6) is -2.10. The number of nitrogens with one attached hydrogen (secondary N) is 1. The Hall–Kier alpha value is -2.77. The summed E-state index contributed by atoms with van der Waals surface area (Å²) in [5.41, 5.74) is 0.664. The Labute approximate surface area is 161 Å². The molecule has 2 saturated heterocycles. The summed E-state index contributed by atoms with van der Waals surface area (Å²) in [7, 11) is 0. The fourth-order valence-corrected chi connectivity index (χ4v) is 4.29. The molecule has 2 aromatic rings. The number of rotatable bonds is 3. The molecule has 148 valence electrons. The highest BCUT2D eigenvalue weighted by Gasteiger charge is 2.49. The Bertz CT molecular complexity index is 929. The lowest BCUT2D eigenvalue weighted by atomic mass is 9.78. The Morgan fingerprint density at radius 1 is 1.29 bits per heavy atom. The minimum absolute atomic E-state index is 0.0384. The minimum atomic E-state index is -0.913. The molecule has 0 saturated carbocycles. The summed E-state index contributed by atoms with van der Waals surface area (Å²) in [6.45, 7) is 3.18. The Morgan fingerprint density at radius 2 is 2.11 bits per heavy atom. The van der Waals surface area contributed by atoms with Crippen molar-refractivity contribution in [1.82, 2.24) is 20.0 Å². The number of piperidine rings is 1. The number of H-pyrrole nitrogens is 1. The second-order valence-corrected chi connectivity index (χ2v) is 7.74. The van der Waals surface area contributed by atoms with Gasteiger partial charge in [0, 0.05) is 37.4 Å². The number of hydrogen-bond donors (Lipinski definition) is 1. The van der Waals surface area contributed by atoms with E-state index in [2.05, 4.69) is 10.2 Å². The highest BCUT2D eigenvalue weighted by Crippen LogP contribution is 2.41. The number of carbonyl (C=O) groups excluding carboxylic acids is 2. The quantitative estimate of drug-likeness (QED) is 0.879. The molecule has 8 heteroatoms. The zero-order valence-corrected chi connectivity index (χ0v) is 15.7. The molecule has 6 nitrogen and oxygen atoms in total.